The molecule has 0 aliphatic heterocycles. The van der Waals surface area contributed by atoms with E-state index in [4.69, 9.17) is 4.42 Å². The number of hydrogen-bond donors (Lipinski definition) is 1. The van der Waals surface area contributed by atoms with Crippen LogP contribution < -0.4 is 9.62 Å². The number of pyridine rings is 1. The number of alkyl halides is 3. The van der Waals surface area contributed by atoms with E-state index in [1.54, 1.807) is 13.0 Å². The number of nitrogens with zero attached hydrogens (tertiary/aromatic N) is 2. The maximum Gasteiger partial charge on any atom is 0.441 e. The highest BCUT2D eigenvalue weighted by atomic mass is 32.2. The summed E-state index contributed by atoms with van der Waals surface area (Å²) < 4.78 is 82.8. The largest absolute Gasteiger partial charge is 0.441 e. The minimum Gasteiger partial charge on any atom is -0.437 e. The van der Waals surface area contributed by atoms with Gasteiger partial charge in [-0.15, -0.1) is 0 Å². The number of aromatic nitrogens is 1. The summed E-state index contributed by atoms with van der Waals surface area (Å²) in [6, 6.07) is 6.95. The molecule has 2 heterocycles. The molecule has 1 amide bonds. The number of carbonyl (C=O) groups is 1. The number of fused-ring (bicyclic) bond motifs is 1. The molecule has 0 aliphatic carbocycles. The van der Waals surface area contributed by atoms with Crippen LogP contribution in [0.5, 0.6) is 0 Å². The van der Waals surface area contributed by atoms with Gasteiger partial charge in [0.05, 0.1) is 17.2 Å². The van der Waals surface area contributed by atoms with Crippen LogP contribution in [0, 0.1) is 5.82 Å². The number of hydrogen-bond acceptors (Lipinski definition) is 6. The van der Waals surface area contributed by atoms with Crippen LogP contribution in [0.3, 0.4) is 0 Å². The molecule has 0 saturated carbocycles. The van der Waals surface area contributed by atoms with Crippen molar-refractivity contribution < 1.29 is 35.2 Å². The predicted octanol–water partition coefficient (Wildman–Crippen LogP) is 5.36. The van der Waals surface area contributed by atoms with Crippen molar-refractivity contribution >= 4 is 44.6 Å². The van der Waals surface area contributed by atoms with Gasteiger partial charge in [0, 0.05) is 24.9 Å². The Hall–Kier alpha value is -2.80. The Bertz CT molecular complexity index is 1340. The molecule has 13 heteroatoms. The van der Waals surface area contributed by atoms with E-state index >= 15 is 0 Å². The lowest BCUT2D eigenvalue weighted by Gasteiger charge is -2.23. The normalized spacial score (nSPS) is 12.2. The lowest BCUT2D eigenvalue weighted by Crippen LogP contribution is -2.32. The van der Waals surface area contributed by atoms with Crippen molar-refractivity contribution in [1.82, 2.24) is 10.3 Å². The number of aryl methyl sites for hydroxylation is 1. The van der Waals surface area contributed by atoms with Crippen molar-refractivity contribution in [2.45, 2.75) is 31.7 Å². The number of halogens is 4. The molecule has 0 aliphatic rings. The molecule has 0 atom stereocenters. The van der Waals surface area contributed by atoms with Crippen LogP contribution in [0.25, 0.3) is 22.4 Å². The van der Waals surface area contributed by atoms with E-state index in [-0.39, 0.29) is 59.8 Å². The van der Waals surface area contributed by atoms with Gasteiger partial charge in [0.1, 0.15) is 17.4 Å². The van der Waals surface area contributed by atoms with Gasteiger partial charge in [-0.25, -0.2) is 12.8 Å². The zero-order chi connectivity index (χ0) is 26.7. The molecule has 0 radical (unpaired) electrons. The Kier molecular flexibility index (Phi) is 8.55. The lowest BCUT2D eigenvalue weighted by molar-refractivity contribution is -0.0328. The average molecular weight is 548 g/mol. The molecule has 0 fully saturated rings. The molecule has 0 bridgehead atoms. The maximum absolute atomic E-state index is 13.5. The van der Waals surface area contributed by atoms with Crippen molar-refractivity contribution in [1.29, 1.82) is 0 Å². The Morgan fingerprint density at radius 1 is 1.19 bits per heavy atom. The zero-order valence-corrected chi connectivity index (χ0v) is 21.4. The summed E-state index contributed by atoms with van der Waals surface area (Å²) in [4.78, 5) is 17.2. The first kappa shape index (κ1) is 27.8. The quantitative estimate of drug-likeness (QED) is 0.272. The molecule has 196 valence electrons. The second kappa shape index (κ2) is 11.1. The smallest absolute Gasteiger partial charge is 0.437 e. The van der Waals surface area contributed by atoms with Crippen molar-refractivity contribution in [2.24, 2.45) is 0 Å². The summed E-state index contributed by atoms with van der Waals surface area (Å²) in [5.74, 6) is -0.901. The lowest BCUT2D eigenvalue weighted by atomic mass is 10.0. The van der Waals surface area contributed by atoms with Crippen LogP contribution in [0.4, 0.5) is 23.4 Å². The Balaban J connectivity index is 2.07. The first-order chi connectivity index (χ1) is 16.9. The Morgan fingerprint density at radius 2 is 1.86 bits per heavy atom. The molecule has 1 N–H and O–H groups in total. The number of anilines is 1. The van der Waals surface area contributed by atoms with E-state index in [0.717, 1.165) is 10.6 Å². The maximum atomic E-state index is 13.5. The second-order valence-corrected chi connectivity index (χ2v) is 11.0. The van der Waals surface area contributed by atoms with Crippen molar-refractivity contribution in [3.8, 4) is 11.3 Å². The van der Waals surface area contributed by atoms with Crippen LogP contribution in [0.2, 0.25) is 0 Å². The van der Waals surface area contributed by atoms with Gasteiger partial charge in [0.2, 0.25) is 15.7 Å². The van der Waals surface area contributed by atoms with Gasteiger partial charge in [0.15, 0.2) is 0 Å². The average Bonchev–Trinajstić information content (AvgIpc) is 3.17. The van der Waals surface area contributed by atoms with Gasteiger partial charge in [-0.2, -0.15) is 18.2 Å². The highest BCUT2D eigenvalue weighted by Gasteiger charge is 2.29. The van der Waals surface area contributed by atoms with Crippen molar-refractivity contribution in [3.05, 3.63) is 47.3 Å². The molecule has 3 aromatic rings. The number of unbranched alkanes of at least 4 members (excludes halogenated alkanes) is 1. The molecule has 3 rings (SSSR count). The fraction of sp³-hybridized carbons (Fsp3) is 0.391. The van der Waals surface area contributed by atoms with E-state index in [1.807, 2.05) is 0 Å². The molecule has 0 spiro atoms. The molecule has 7 nitrogen and oxygen atoms in total. The van der Waals surface area contributed by atoms with E-state index in [9.17, 15) is 30.8 Å². The number of amides is 1. The van der Waals surface area contributed by atoms with E-state index in [2.05, 4.69) is 10.3 Å². The summed E-state index contributed by atoms with van der Waals surface area (Å²) in [6.07, 6.45) is 1.68. The first-order valence-corrected chi connectivity index (χ1v) is 13.8. The van der Waals surface area contributed by atoms with Crippen LogP contribution in [-0.2, 0) is 16.4 Å². The van der Waals surface area contributed by atoms with E-state index in [0.29, 0.717) is 22.9 Å². The second-order valence-electron chi connectivity index (χ2n) is 7.91. The fourth-order valence-corrected chi connectivity index (χ4v) is 5.17. The van der Waals surface area contributed by atoms with Gasteiger partial charge in [-0.05, 0) is 55.2 Å². The summed E-state index contributed by atoms with van der Waals surface area (Å²) in [5, 5.41) is 2.89. The van der Waals surface area contributed by atoms with Crippen LogP contribution in [0.1, 0.15) is 35.7 Å². The summed E-state index contributed by atoms with van der Waals surface area (Å²) in [7, 11) is -2.39. The minimum absolute atomic E-state index is 0.00130. The molecule has 0 saturated heterocycles. The number of furan rings is 1. The minimum atomic E-state index is -4.34. The van der Waals surface area contributed by atoms with Crippen molar-refractivity contribution in [2.75, 3.05) is 29.9 Å². The molecular weight excluding hydrogens is 522 g/mol. The third-order valence-electron chi connectivity index (χ3n) is 5.34. The zero-order valence-electron chi connectivity index (χ0n) is 19.8. The van der Waals surface area contributed by atoms with Crippen LogP contribution >= 0.6 is 11.8 Å². The summed E-state index contributed by atoms with van der Waals surface area (Å²) >= 11 is -0.154. The van der Waals surface area contributed by atoms with Gasteiger partial charge >= 0.3 is 5.51 Å². The topological polar surface area (TPSA) is 92.5 Å². The van der Waals surface area contributed by atoms with E-state index in [1.165, 1.54) is 31.3 Å². The predicted molar refractivity (Wildman–Crippen MR) is 132 cm³/mol. The SMILES string of the molecule is CCc1cc2c(C(=O)NC)c(-c3ccc(F)cc3)oc2nc1N(CCCCSC(F)(F)F)S(C)(=O)=O. The first-order valence-electron chi connectivity index (χ1n) is 11.0. The summed E-state index contributed by atoms with van der Waals surface area (Å²) in [5.41, 5.74) is -3.24. The van der Waals surface area contributed by atoms with Gasteiger partial charge in [0.25, 0.3) is 5.91 Å². The molecule has 2 aromatic heterocycles. The van der Waals surface area contributed by atoms with Crippen molar-refractivity contribution in [3.63, 3.8) is 0 Å². The number of nitrogens with one attached hydrogen (secondary N) is 1. The highest BCUT2D eigenvalue weighted by Crippen LogP contribution is 2.36. The molecule has 1 aromatic carbocycles. The van der Waals surface area contributed by atoms with Gasteiger partial charge in [-0.3, -0.25) is 9.10 Å². The van der Waals surface area contributed by atoms with Crippen LogP contribution in [0.15, 0.2) is 34.7 Å². The third kappa shape index (κ3) is 6.49. The Morgan fingerprint density at radius 3 is 2.42 bits per heavy atom. The Labute approximate surface area is 210 Å². The number of sulfonamides is 1. The molecule has 0 unspecified atom stereocenters. The number of benzene rings is 1. The fourth-order valence-electron chi connectivity index (χ4n) is 3.66. The number of thioether (sulfide) groups is 1. The standard InChI is InChI=1S/C23H25F4N3O4S2/c1-4-14-13-17-18(21(31)28-2)19(15-7-9-16(24)10-8-15)34-22(17)29-20(14)30(36(3,32)33)11-5-6-12-35-23(25,26)27/h7-10,13H,4-6,11-12H2,1-3H3,(H,28,31). The number of carbonyl (C=O) groups excluding carboxylic acids is 1. The monoisotopic (exact) mass is 547 g/mol. The van der Waals surface area contributed by atoms with Gasteiger partial charge in [-0.1, -0.05) is 18.7 Å². The van der Waals surface area contributed by atoms with E-state index < -0.39 is 27.3 Å². The van der Waals surface area contributed by atoms with Gasteiger partial charge < -0.3 is 9.73 Å². The van der Waals surface area contributed by atoms with Crippen LogP contribution in [-0.4, -0.2) is 50.4 Å². The summed E-state index contributed by atoms with van der Waals surface area (Å²) in [6.45, 7) is 1.71. The molecule has 36 heavy (non-hydrogen) atoms. The molecular formula is C23H25F4N3O4S2. The number of rotatable bonds is 10. The highest BCUT2D eigenvalue weighted by molar-refractivity contribution is 8.00. The third-order valence-corrected chi connectivity index (χ3v) is 7.31.